The molecule has 1 aliphatic carbocycles. The van der Waals surface area contributed by atoms with E-state index in [2.05, 4.69) is 0 Å². The van der Waals surface area contributed by atoms with Crippen molar-refractivity contribution >= 4 is 8.10 Å². The van der Waals surface area contributed by atoms with Gasteiger partial charge in [-0.3, -0.25) is 0 Å². The first-order chi connectivity index (χ1) is 2.91. The number of rotatable bonds is 0. The maximum atomic E-state index is 8.46. The fraction of sp³-hybridized carbons (Fsp3) is 1.00. The SMILES string of the molecule is C1CC1.N#P=O. The van der Waals surface area contributed by atoms with Gasteiger partial charge in [-0.1, -0.05) is 19.3 Å². The second-order valence-electron chi connectivity index (χ2n) is 1.14. The van der Waals surface area contributed by atoms with Crippen LogP contribution in [-0.2, 0) is 4.57 Å². The van der Waals surface area contributed by atoms with E-state index in [1.807, 2.05) is 0 Å². The van der Waals surface area contributed by atoms with E-state index in [0.717, 1.165) is 0 Å². The van der Waals surface area contributed by atoms with Crippen LogP contribution in [0.3, 0.4) is 0 Å². The van der Waals surface area contributed by atoms with E-state index in [1.54, 1.807) is 0 Å². The average Bonchev–Trinajstić information content (AvgIpc) is 2.11. The quantitative estimate of drug-likeness (QED) is 0.439. The Hall–Kier alpha value is -0.0600. The minimum atomic E-state index is -0.833. The maximum absolute atomic E-state index is 8.46. The van der Waals surface area contributed by atoms with Gasteiger partial charge in [0.2, 0.25) is 0 Å². The van der Waals surface area contributed by atoms with Crippen molar-refractivity contribution < 1.29 is 4.57 Å². The molecule has 0 heterocycles. The molecule has 34 valence electrons. The molecule has 0 saturated heterocycles. The summed E-state index contributed by atoms with van der Waals surface area (Å²) in [7, 11) is -0.833. The molecular weight excluding hydrogens is 97.0 g/mol. The summed E-state index contributed by atoms with van der Waals surface area (Å²) in [5, 5.41) is 6.99. The Bertz CT molecular complexity index is 81.9. The normalized spacial score (nSPS) is 13.8. The van der Waals surface area contributed by atoms with Crippen LogP contribution in [0.4, 0.5) is 0 Å². The molecule has 0 aromatic rings. The first kappa shape index (κ1) is 5.94. The zero-order valence-corrected chi connectivity index (χ0v) is 4.32. The van der Waals surface area contributed by atoms with Crippen molar-refractivity contribution in [2.45, 2.75) is 19.3 Å². The molecule has 1 fully saturated rings. The Labute approximate surface area is 38.0 Å². The predicted octanol–water partition coefficient (Wildman–Crippen LogP) is 1.93. The summed E-state index contributed by atoms with van der Waals surface area (Å²) < 4.78 is 8.46. The molecule has 1 saturated carbocycles. The van der Waals surface area contributed by atoms with Crippen molar-refractivity contribution in [2.75, 3.05) is 0 Å². The van der Waals surface area contributed by atoms with E-state index < -0.39 is 8.10 Å². The summed E-state index contributed by atoms with van der Waals surface area (Å²) in [4.78, 5) is 0. The zero-order valence-electron chi connectivity index (χ0n) is 3.42. The van der Waals surface area contributed by atoms with Crippen LogP contribution < -0.4 is 0 Å². The van der Waals surface area contributed by atoms with Gasteiger partial charge >= 0.3 is 17.7 Å². The van der Waals surface area contributed by atoms with E-state index in [1.165, 1.54) is 19.3 Å². The second-order valence-corrected chi connectivity index (χ2v) is 1.31. The van der Waals surface area contributed by atoms with Gasteiger partial charge in [0.25, 0.3) is 0 Å². The van der Waals surface area contributed by atoms with Crippen molar-refractivity contribution in [1.82, 2.24) is 0 Å². The third kappa shape index (κ3) is 38.5. The molecule has 0 radical (unpaired) electrons. The monoisotopic (exact) mass is 103 g/mol. The molecule has 1 rings (SSSR count). The minimum absolute atomic E-state index is 0.833. The molecule has 1 aliphatic rings. The fourth-order valence-corrected chi connectivity index (χ4v) is 0. The van der Waals surface area contributed by atoms with Gasteiger partial charge in [0.15, 0.2) is 0 Å². The van der Waals surface area contributed by atoms with Gasteiger partial charge < -0.3 is 0 Å². The van der Waals surface area contributed by atoms with Crippen molar-refractivity contribution in [3.05, 3.63) is 0 Å². The van der Waals surface area contributed by atoms with Crippen LogP contribution in [0, 0.1) is 5.00 Å². The molecule has 0 aromatic carbocycles. The van der Waals surface area contributed by atoms with E-state index in [4.69, 9.17) is 9.57 Å². The van der Waals surface area contributed by atoms with Gasteiger partial charge in [0.05, 0.1) is 0 Å². The van der Waals surface area contributed by atoms with Gasteiger partial charge in [0.1, 0.15) is 0 Å². The number of hydrogen-bond donors (Lipinski definition) is 0. The van der Waals surface area contributed by atoms with Crippen molar-refractivity contribution in [1.29, 1.82) is 5.00 Å². The first-order valence-electron chi connectivity index (χ1n) is 1.88. The molecule has 0 unspecified atom stereocenters. The molecular formula is C3H6NOP. The van der Waals surface area contributed by atoms with Crippen LogP contribution in [0.5, 0.6) is 0 Å². The summed E-state index contributed by atoms with van der Waals surface area (Å²) in [6.45, 7) is 0. The Morgan fingerprint density at radius 3 is 1.50 bits per heavy atom. The molecule has 0 amide bonds. The Morgan fingerprint density at radius 1 is 1.33 bits per heavy atom. The fourth-order valence-electron chi connectivity index (χ4n) is 0. The summed E-state index contributed by atoms with van der Waals surface area (Å²) in [5.74, 6) is 0. The molecule has 2 nitrogen and oxygen atoms in total. The molecule has 0 aromatic heterocycles. The summed E-state index contributed by atoms with van der Waals surface area (Å²) >= 11 is 0. The molecule has 0 spiro atoms. The van der Waals surface area contributed by atoms with Crippen molar-refractivity contribution in [2.24, 2.45) is 0 Å². The van der Waals surface area contributed by atoms with Gasteiger partial charge in [-0.05, 0) is 0 Å². The van der Waals surface area contributed by atoms with E-state index in [9.17, 15) is 0 Å². The molecule has 0 bridgehead atoms. The molecule has 0 aliphatic heterocycles. The van der Waals surface area contributed by atoms with E-state index in [0.29, 0.717) is 0 Å². The summed E-state index contributed by atoms with van der Waals surface area (Å²) in [6.07, 6.45) is 4.50. The molecule has 6 heavy (non-hydrogen) atoms. The predicted molar refractivity (Wildman–Crippen MR) is 23.2 cm³/mol. The van der Waals surface area contributed by atoms with Gasteiger partial charge in [-0.15, -0.1) is 0 Å². The standard InChI is InChI=1S/C3H6.NOP/c1-2-3-1;1-3-2/h1-3H2;. The molecule has 0 N–H and O–H groups in total. The Kier molecular flexibility index (Phi) is 4.89. The molecule has 3 heteroatoms. The van der Waals surface area contributed by atoms with Crippen molar-refractivity contribution in [3.8, 4) is 0 Å². The van der Waals surface area contributed by atoms with Gasteiger partial charge in [-0.2, -0.15) is 0 Å². The van der Waals surface area contributed by atoms with Crippen LogP contribution in [0.2, 0.25) is 0 Å². The second kappa shape index (κ2) is 4.94. The van der Waals surface area contributed by atoms with E-state index in [-0.39, 0.29) is 0 Å². The summed E-state index contributed by atoms with van der Waals surface area (Å²) in [5.41, 5.74) is 0. The van der Waals surface area contributed by atoms with Crippen molar-refractivity contribution in [3.63, 3.8) is 0 Å². The number of hydrogen-bond acceptors (Lipinski definition) is 2. The topological polar surface area (TPSA) is 40.9 Å². The first-order valence-corrected chi connectivity index (χ1v) is 2.65. The third-order valence-electron chi connectivity index (χ3n) is 0.354. The number of nitrogens with zero attached hydrogens (tertiary/aromatic N) is 1. The molecule has 0 atom stereocenters. The van der Waals surface area contributed by atoms with Crippen LogP contribution in [0.1, 0.15) is 19.3 Å². The Balaban J connectivity index is 0.0000000833. The third-order valence-corrected chi connectivity index (χ3v) is 0.354. The van der Waals surface area contributed by atoms with Crippen LogP contribution in [0.25, 0.3) is 0 Å². The zero-order chi connectivity index (χ0) is 4.83. The Morgan fingerprint density at radius 2 is 1.50 bits per heavy atom. The van der Waals surface area contributed by atoms with Crippen LogP contribution in [-0.4, -0.2) is 0 Å². The summed E-state index contributed by atoms with van der Waals surface area (Å²) in [6, 6.07) is 0. The van der Waals surface area contributed by atoms with Gasteiger partial charge in [-0.25, -0.2) is 0 Å². The van der Waals surface area contributed by atoms with Crippen LogP contribution >= 0.6 is 8.10 Å². The average molecular weight is 103 g/mol. The van der Waals surface area contributed by atoms with Gasteiger partial charge in [0, 0.05) is 0 Å². The van der Waals surface area contributed by atoms with E-state index >= 15 is 0 Å². The van der Waals surface area contributed by atoms with Crippen LogP contribution in [0.15, 0.2) is 0 Å².